The molecule has 0 unspecified atom stereocenters. The van der Waals surface area contributed by atoms with Gasteiger partial charge in [-0.15, -0.1) is 0 Å². The zero-order valence-electron chi connectivity index (χ0n) is 15.3. The number of fused-ring (bicyclic) bond motifs is 1. The summed E-state index contributed by atoms with van der Waals surface area (Å²) in [6, 6.07) is 17.5. The summed E-state index contributed by atoms with van der Waals surface area (Å²) in [5.41, 5.74) is 2.22. The maximum Gasteiger partial charge on any atom is 0.339 e. The van der Waals surface area contributed by atoms with Gasteiger partial charge in [0.25, 0.3) is 0 Å². The van der Waals surface area contributed by atoms with Gasteiger partial charge in [-0.3, -0.25) is 4.79 Å². The number of carbonyl (C=O) groups is 1. The van der Waals surface area contributed by atoms with Crippen molar-refractivity contribution in [1.29, 1.82) is 0 Å². The lowest BCUT2D eigenvalue weighted by molar-refractivity contribution is 0.101. The second-order valence-electron chi connectivity index (χ2n) is 6.45. The quantitative estimate of drug-likeness (QED) is 0.432. The number of hydrogen-bond acceptors (Lipinski definition) is 5. The first-order chi connectivity index (χ1) is 13.8. The maximum atomic E-state index is 12.6. The van der Waals surface area contributed by atoms with Crippen molar-refractivity contribution in [3.8, 4) is 11.5 Å². The van der Waals surface area contributed by atoms with Gasteiger partial charge in [-0.2, -0.15) is 8.42 Å². The van der Waals surface area contributed by atoms with E-state index in [-0.39, 0.29) is 27.9 Å². The summed E-state index contributed by atoms with van der Waals surface area (Å²) in [6.07, 6.45) is 1.67. The van der Waals surface area contributed by atoms with Gasteiger partial charge in [0, 0.05) is 11.1 Å². The molecule has 1 aliphatic heterocycles. The predicted octanol–water partition coefficient (Wildman–Crippen LogP) is 5.03. The second kappa shape index (κ2) is 7.39. The lowest BCUT2D eigenvalue weighted by atomic mass is 10.1. The minimum atomic E-state index is -4.04. The zero-order chi connectivity index (χ0) is 20.6. The van der Waals surface area contributed by atoms with Gasteiger partial charge in [-0.1, -0.05) is 35.9 Å². The van der Waals surface area contributed by atoms with E-state index in [1.165, 1.54) is 42.5 Å². The lowest BCUT2D eigenvalue weighted by Crippen LogP contribution is -2.09. The number of benzene rings is 3. The Morgan fingerprint density at radius 2 is 1.72 bits per heavy atom. The summed E-state index contributed by atoms with van der Waals surface area (Å²) >= 11 is 5.79. The van der Waals surface area contributed by atoms with Crippen molar-refractivity contribution in [2.75, 3.05) is 0 Å². The number of hydrogen-bond donors (Lipinski definition) is 0. The van der Waals surface area contributed by atoms with Gasteiger partial charge in [-0.25, -0.2) is 0 Å². The van der Waals surface area contributed by atoms with Crippen LogP contribution >= 0.6 is 11.6 Å². The van der Waals surface area contributed by atoms with Gasteiger partial charge in [-0.05, 0) is 60.5 Å². The molecule has 0 radical (unpaired) electrons. The Morgan fingerprint density at radius 3 is 2.45 bits per heavy atom. The molecule has 1 aliphatic rings. The van der Waals surface area contributed by atoms with Crippen molar-refractivity contribution in [2.45, 2.75) is 11.8 Å². The van der Waals surface area contributed by atoms with Crippen LogP contribution in [0, 0.1) is 6.92 Å². The Hall–Kier alpha value is -3.09. The molecule has 0 fully saturated rings. The molecule has 0 saturated carbocycles. The molecule has 0 bridgehead atoms. The van der Waals surface area contributed by atoms with E-state index in [9.17, 15) is 13.2 Å². The molecule has 3 aromatic carbocycles. The van der Waals surface area contributed by atoms with Crippen molar-refractivity contribution in [3.05, 3.63) is 94.2 Å². The molecule has 1 heterocycles. The smallest absolute Gasteiger partial charge is 0.339 e. The standard InChI is InChI=1S/C22H15ClO5S/c1-14-4-2-3-5-15(14)12-21-22(24)19-11-8-17(13-20(19)27-21)28-29(25,26)18-9-6-16(23)7-10-18/h2-13H,1H3. The first kappa shape index (κ1) is 19.2. The predicted molar refractivity (Wildman–Crippen MR) is 110 cm³/mol. The summed E-state index contributed by atoms with van der Waals surface area (Å²) in [5.74, 6) is 0.199. The third-order valence-corrected chi connectivity index (χ3v) is 5.94. The molecule has 4 rings (SSSR count). The van der Waals surface area contributed by atoms with E-state index >= 15 is 0 Å². The highest BCUT2D eigenvalue weighted by Crippen LogP contribution is 2.36. The molecular formula is C22H15ClO5S. The molecule has 0 saturated heterocycles. The van der Waals surface area contributed by atoms with Crippen LogP contribution in [-0.2, 0) is 10.1 Å². The fourth-order valence-electron chi connectivity index (χ4n) is 2.89. The van der Waals surface area contributed by atoms with Crippen LogP contribution in [0.15, 0.2) is 77.4 Å². The number of halogens is 1. The third kappa shape index (κ3) is 3.90. The van der Waals surface area contributed by atoms with Crippen LogP contribution in [0.2, 0.25) is 5.02 Å². The number of rotatable bonds is 4. The number of aryl methyl sites for hydroxylation is 1. The Balaban J connectivity index is 1.61. The number of Topliss-reactive ketones (excluding diaryl/α,β-unsaturated/α-hetero) is 1. The Morgan fingerprint density at radius 1 is 1.00 bits per heavy atom. The average Bonchev–Trinajstić information content (AvgIpc) is 2.98. The average molecular weight is 427 g/mol. The fourth-order valence-corrected chi connectivity index (χ4v) is 3.93. The van der Waals surface area contributed by atoms with Crippen LogP contribution in [0.1, 0.15) is 21.5 Å². The monoisotopic (exact) mass is 426 g/mol. The zero-order valence-corrected chi connectivity index (χ0v) is 16.8. The molecule has 5 nitrogen and oxygen atoms in total. The summed E-state index contributed by atoms with van der Waals surface area (Å²) in [4.78, 5) is 12.6. The molecule has 0 aliphatic carbocycles. The molecule has 3 aromatic rings. The Labute approximate surface area is 173 Å². The van der Waals surface area contributed by atoms with E-state index in [0.717, 1.165) is 11.1 Å². The molecule has 0 aromatic heterocycles. The molecule has 0 amide bonds. The van der Waals surface area contributed by atoms with Gasteiger partial charge in [0.15, 0.2) is 5.76 Å². The highest BCUT2D eigenvalue weighted by molar-refractivity contribution is 7.87. The molecular weight excluding hydrogens is 412 g/mol. The van der Waals surface area contributed by atoms with E-state index < -0.39 is 10.1 Å². The van der Waals surface area contributed by atoms with Gasteiger partial charge in [0.05, 0.1) is 5.56 Å². The molecule has 7 heteroatoms. The van der Waals surface area contributed by atoms with Crippen LogP contribution in [0.5, 0.6) is 11.5 Å². The SMILES string of the molecule is Cc1ccccc1C=C1Oc2cc(OS(=O)(=O)c3ccc(Cl)cc3)ccc2C1=O. The summed E-state index contributed by atoms with van der Waals surface area (Å²) in [6.45, 7) is 1.94. The van der Waals surface area contributed by atoms with Crippen molar-refractivity contribution < 1.29 is 22.1 Å². The fraction of sp³-hybridized carbons (Fsp3) is 0.0455. The van der Waals surface area contributed by atoms with E-state index in [1.807, 2.05) is 31.2 Å². The topological polar surface area (TPSA) is 69.7 Å². The first-order valence-corrected chi connectivity index (χ1v) is 10.5. The minimum absolute atomic E-state index is 0.0282. The van der Waals surface area contributed by atoms with Crippen LogP contribution in [0.4, 0.5) is 0 Å². The first-order valence-electron chi connectivity index (χ1n) is 8.67. The van der Waals surface area contributed by atoms with E-state index in [1.54, 1.807) is 6.08 Å². The molecule has 0 atom stereocenters. The van der Waals surface area contributed by atoms with E-state index in [2.05, 4.69) is 0 Å². The van der Waals surface area contributed by atoms with E-state index in [4.69, 9.17) is 20.5 Å². The minimum Gasteiger partial charge on any atom is -0.452 e. The van der Waals surface area contributed by atoms with Gasteiger partial charge < -0.3 is 8.92 Å². The summed E-state index contributed by atoms with van der Waals surface area (Å²) in [5, 5.41) is 0.418. The molecule has 29 heavy (non-hydrogen) atoms. The maximum absolute atomic E-state index is 12.6. The third-order valence-electron chi connectivity index (χ3n) is 4.42. The Kier molecular flexibility index (Phi) is 4.90. The Bertz CT molecular complexity index is 1240. The normalized spacial score (nSPS) is 14.6. The molecule has 146 valence electrons. The molecule has 0 spiro atoms. The number of allylic oxidation sites excluding steroid dienone is 1. The van der Waals surface area contributed by atoms with Crippen LogP contribution in [0.3, 0.4) is 0 Å². The number of carbonyl (C=O) groups excluding carboxylic acids is 1. The second-order valence-corrected chi connectivity index (χ2v) is 8.43. The number of ketones is 1. The van der Waals surface area contributed by atoms with Crippen LogP contribution in [0.25, 0.3) is 6.08 Å². The largest absolute Gasteiger partial charge is 0.452 e. The molecule has 0 N–H and O–H groups in total. The van der Waals surface area contributed by atoms with Gasteiger partial charge >= 0.3 is 10.1 Å². The van der Waals surface area contributed by atoms with Crippen LogP contribution in [-0.4, -0.2) is 14.2 Å². The summed E-state index contributed by atoms with van der Waals surface area (Å²) in [7, 11) is -4.04. The van der Waals surface area contributed by atoms with Gasteiger partial charge in [0.1, 0.15) is 16.4 Å². The highest BCUT2D eigenvalue weighted by Gasteiger charge is 2.28. The highest BCUT2D eigenvalue weighted by atomic mass is 35.5. The summed E-state index contributed by atoms with van der Waals surface area (Å²) < 4.78 is 35.7. The van der Waals surface area contributed by atoms with Crippen molar-refractivity contribution in [3.63, 3.8) is 0 Å². The van der Waals surface area contributed by atoms with Crippen molar-refractivity contribution in [2.24, 2.45) is 0 Å². The van der Waals surface area contributed by atoms with Crippen molar-refractivity contribution in [1.82, 2.24) is 0 Å². The van der Waals surface area contributed by atoms with Crippen molar-refractivity contribution >= 4 is 33.6 Å². The number of ether oxygens (including phenoxy) is 1. The van der Waals surface area contributed by atoms with Crippen LogP contribution < -0.4 is 8.92 Å². The van der Waals surface area contributed by atoms with Gasteiger partial charge in [0.2, 0.25) is 5.78 Å². The van der Waals surface area contributed by atoms with E-state index in [0.29, 0.717) is 10.6 Å². The lowest BCUT2D eigenvalue weighted by Gasteiger charge is -2.08.